The minimum absolute atomic E-state index is 0.0126. The van der Waals surface area contributed by atoms with Crippen LogP contribution in [0.1, 0.15) is 199 Å². The maximum absolute atomic E-state index is 11.8. The number of aliphatic carboxylic acids is 1. The summed E-state index contributed by atoms with van der Waals surface area (Å²) in [5, 5.41) is 20.7. The molecule has 0 amide bonds. The number of rotatable bonds is 22. The first-order valence-electron chi connectivity index (χ1n) is 17.0. The monoisotopic (exact) mass is 559 g/mol. The highest BCUT2D eigenvalue weighted by Crippen LogP contribution is 2.42. The van der Waals surface area contributed by atoms with Gasteiger partial charge in [0, 0.05) is 0 Å². The average Bonchev–Trinajstić information content (AvgIpc) is 2.85. The van der Waals surface area contributed by atoms with Crippen molar-refractivity contribution in [3.05, 3.63) is 28.8 Å². The molecule has 40 heavy (non-hydrogen) atoms. The van der Waals surface area contributed by atoms with Gasteiger partial charge in [0.15, 0.2) is 0 Å². The summed E-state index contributed by atoms with van der Waals surface area (Å²) in [5.74, 6) is -0.387. The van der Waals surface area contributed by atoms with Crippen LogP contribution in [0.2, 0.25) is 0 Å². The third kappa shape index (κ3) is 15.5. The van der Waals surface area contributed by atoms with Crippen LogP contribution in [-0.2, 0) is 15.6 Å². The van der Waals surface area contributed by atoms with Gasteiger partial charge >= 0.3 is 5.97 Å². The first-order valence-corrected chi connectivity index (χ1v) is 17.0. The molecule has 1 atom stereocenters. The minimum atomic E-state index is -0.741. The van der Waals surface area contributed by atoms with Gasteiger partial charge in [0.25, 0.3) is 0 Å². The van der Waals surface area contributed by atoms with Crippen LogP contribution in [0.15, 0.2) is 12.1 Å². The van der Waals surface area contributed by atoms with Crippen molar-refractivity contribution >= 4 is 5.97 Å². The van der Waals surface area contributed by atoms with Gasteiger partial charge < -0.3 is 10.2 Å². The number of carbonyl (C=O) groups is 1. The van der Waals surface area contributed by atoms with E-state index in [-0.39, 0.29) is 23.2 Å². The van der Waals surface area contributed by atoms with Gasteiger partial charge in [-0.1, -0.05) is 176 Å². The van der Waals surface area contributed by atoms with Crippen LogP contribution < -0.4 is 0 Å². The summed E-state index contributed by atoms with van der Waals surface area (Å²) in [6.07, 6.45) is 25.5. The van der Waals surface area contributed by atoms with Gasteiger partial charge in [-0.25, -0.2) is 0 Å². The first kappa shape index (κ1) is 36.5. The molecule has 1 unspecified atom stereocenters. The maximum Gasteiger partial charge on any atom is 0.303 e. The summed E-state index contributed by atoms with van der Waals surface area (Å²) >= 11 is 0. The standard InChI is InChI=1S/C37H66O3/c1-8-9-10-11-12-13-14-15-16-17-18-19-20-21-22-23-24-25-26-30(29-34(38)39)31-27-32(36(2,3)4)35(40)33(28-31)37(5,6)7/h27-28,30,40H,8-26,29H2,1-7H3,(H,38,39). The van der Waals surface area contributed by atoms with Crippen LogP contribution in [0, 0.1) is 0 Å². The van der Waals surface area contributed by atoms with Gasteiger partial charge in [0.2, 0.25) is 0 Å². The SMILES string of the molecule is CCCCCCCCCCCCCCCCCCCCC(CC(=O)O)c1cc(C(C)(C)C)c(O)c(C(C)(C)C)c1. The fourth-order valence-corrected chi connectivity index (χ4v) is 5.93. The molecule has 0 aliphatic rings. The van der Waals surface area contributed by atoms with Crippen molar-refractivity contribution in [2.45, 2.75) is 194 Å². The van der Waals surface area contributed by atoms with Crippen LogP contribution in [0.25, 0.3) is 0 Å². The lowest BCUT2D eigenvalue weighted by Gasteiger charge is -2.30. The molecule has 0 aliphatic carbocycles. The van der Waals surface area contributed by atoms with Crippen molar-refractivity contribution in [2.75, 3.05) is 0 Å². The summed E-state index contributed by atoms with van der Waals surface area (Å²) in [4.78, 5) is 11.8. The average molecular weight is 559 g/mol. The molecule has 0 bridgehead atoms. The van der Waals surface area contributed by atoms with E-state index in [2.05, 4.69) is 60.6 Å². The second kappa shape index (κ2) is 19.6. The molecule has 3 nitrogen and oxygen atoms in total. The Balaban J connectivity index is 2.35. The number of phenolic OH excluding ortho intramolecular Hbond substituents is 1. The van der Waals surface area contributed by atoms with Crippen molar-refractivity contribution < 1.29 is 15.0 Å². The number of phenols is 1. The molecule has 2 N–H and O–H groups in total. The third-order valence-corrected chi connectivity index (χ3v) is 8.55. The Morgan fingerprint density at radius 3 is 1.25 bits per heavy atom. The molecule has 1 rings (SSSR count). The van der Waals surface area contributed by atoms with Crippen molar-refractivity contribution in [2.24, 2.45) is 0 Å². The molecule has 0 fully saturated rings. The number of unbranched alkanes of at least 4 members (excludes halogenated alkanes) is 17. The topological polar surface area (TPSA) is 57.5 Å². The predicted octanol–water partition coefficient (Wildman–Crippen LogP) is 12.0. The zero-order valence-electron chi connectivity index (χ0n) is 27.7. The molecule has 1 aromatic carbocycles. The Morgan fingerprint density at radius 2 is 0.950 bits per heavy atom. The van der Waals surface area contributed by atoms with Crippen LogP contribution in [-0.4, -0.2) is 16.2 Å². The summed E-state index contributed by atoms with van der Waals surface area (Å²) in [5.41, 5.74) is 2.50. The van der Waals surface area contributed by atoms with Crippen molar-refractivity contribution in [3.8, 4) is 5.75 Å². The number of hydrogen-bond donors (Lipinski definition) is 2. The van der Waals surface area contributed by atoms with Crippen molar-refractivity contribution in [1.82, 2.24) is 0 Å². The molecular weight excluding hydrogens is 492 g/mol. The molecule has 1 aromatic rings. The Hall–Kier alpha value is -1.51. The summed E-state index contributed by atoms with van der Waals surface area (Å²) in [6, 6.07) is 4.15. The second-order valence-electron chi connectivity index (χ2n) is 14.6. The van der Waals surface area contributed by atoms with Crippen molar-refractivity contribution in [1.29, 1.82) is 0 Å². The van der Waals surface area contributed by atoms with Gasteiger partial charge in [0.1, 0.15) is 5.75 Å². The third-order valence-electron chi connectivity index (χ3n) is 8.55. The number of carboxylic acids is 1. The Kier molecular flexibility index (Phi) is 17.9. The van der Waals surface area contributed by atoms with Gasteiger partial charge in [-0.3, -0.25) is 4.79 Å². The molecule has 0 spiro atoms. The molecule has 3 heteroatoms. The van der Waals surface area contributed by atoms with Gasteiger partial charge in [0.05, 0.1) is 6.42 Å². The van der Waals surface area contributed by atoms with Gasteiger partial charge in [-0.2, -0.15) is 0 Å². The lowest BCUT2D eigenvalue weighted by atomic mass is 9.76. The normalized spacial score (nSPS) is 13.1. The van der Waals surface area contributed by atoms with Crippen LogP contribution in [0.3, 0.4) is 0 Å². The van der Waals surface area contributed by atoms with E-state index in [4.69, 9.17) is 0 Å². The van der Waals surface area contributed by atoms with E-state index in [1.807, 2.05) is 0 Å². The highest BCUT2D eigenvalue weighted by atomic mass is 16.4. The molecule has 0 heterocycles. The zero-order chi connectivity index (χ0) is 30.0. The minimum Gasteiger partial charge on any atom is -0.507 e. The van der Waals surface area contributed by atoms with E-state index in [0.29, 0.717) is 5.75 Å². The summed E-state index contributed by atoms with van der Waals surface area (Å²) in [7, 11) is 0. The van der Waals surface area contributed by atoms with Crippen LogP contribution in [0.4, 0.5) is 0 Å². The van der Waals surface area contributed by atoms with Crippen LogP contribution >= 0.6 is 0 Å². The molecule has 0 saturated heterocycles. The summed E-state index contributed by atoms with van der Waals surface area (Å²) < 4.78 is 0. The van der Waals surface area contributed by atoms with Gasteiger partial charge in [-0.15, -0.1) is 0 Å². The fourth-order valence-electron chi connectivity index (χ4n) is 5.93. The van der Waals surface area contributed by atoms with E-state index in [1.54, 1.807) is 0 Å². The quantitative estimate of drug-likeness (QED) is 0.139. The second-order valence-corrected chi connectivity index (χ2v) is 14.6. The van der Waals surface area contributed by atoms with E-state index < -0.39 is 5.97 Å². The zero-order valence-corrected chi connectivity index (χ0v) is 27.7. The fraction of sp³-hybridized carbons (Fsp3) is 0.811. The van der Waals surface area contributed by atoms with Crippen LogP contribution in [0.5, 0.6) is 5.75 Å². The first-order chi connectivity index (χ1) is 18.9. The number of aromatic hydroxyl groups is 1. The Labute approximate surface area is 248 Å². The molecule has 232 valence electrons. The van der Waals surface area contributed by atoms with E-state index in [1.165, 1.54) is 109 Å². The number of carboxylic acid groups (broad SMARTS) is 1. The molecule has 0 aliphatic heterocycles. The van der Waals surface area contributed by atoms with E-state index >= 15 is 0 Å². The van der Waals surface area contributed by atoms with Gasteiger partial charge in [-0.05, 0) is 39.9 Å². The number of benzene rings is 1. The molecule has 0 aromatic heterocycles. The maximum atomic E-state index is 11.8. The lowest BCUT2D eigenvalue weighted by Crippen LogP contribution is -2.19. The predicted molar refractivity (Wildman–Crippen MR) is 174 cm³/mol. The Morgan fingerprint density at radius 1 is 0.625 bits per heavy atom. The lowest BCUT2D eigenvalue weighted by molar-refractivity contribution is -0.137. The summed E-state index contributed by atoms with van der Waals surface area (Å²) in [6.45, 7) is 15.0. The van der Waals surface area contributed by atoms with Crippen molar-refractivity contribution in [3.63, 3.8) is 0 Å². The molecule has 0 saturated carbocycles. The highest BCUT2D eigenvalue weighted by Gasteiger charge is 2.28. The highest BCUT2D eigenvalue weighted by molar-refractivity contribution is 5.68. The Bertz CT molecular complexity index is 777. The van der Waals surface area contributed by atoms with E-state index in [9.17, 15) is 15.0 Å². The largest absolute Gasteiger partial charge is 0.507 e. The molecule has 0 radical (unpaired) electrons. The smallest absolute Gasteiger partial charge is 0.303 e. The molecular formula is C37H66O3. The van der Waals surface area contributed by atoms with E-state index in [0.717, 1.165) is 29.5 Å². The number of hydrogen-bond acceptors (Lipinski definition) is 2.